The molecule has 120 valence electrons. The third kappa shape index (κ3) is 4.20. The van der Waals surface area contributed by atoms with E-state index < -0.39 is 0 Å². The second kappa shape index (κ2) is 7.42. The fourth-order valence-electron chi connectivity index (χ4n) is 2.80. The molecule has 1 aromatic heterocycles. The molecule has 1 fully saturated rings. The van der Waals surface area contributed by atoms with Gasteiger partial charge in [-0.3, -0.25) is 4.79 Å². The number of amides is 2. The lowest BCUT2D eigenvalue weighted by atomic mass is 10.1. The summed E-state index contributed by atoms with van der Waals surface area (Å²) in [5.74, 6) is 0.0252. The van der Waals surface area contributed by atoms with Crippen LogP contribution in [0.25, 0.3) is 0 Å². The van der Waals surface area contributed by atoms with Crippen LogP contribution in [0.5, 0.6) is 0 Å². The van der Waals surface area contributed by atoms with Gasteiger partial charge in [-0.05, 0) is 25.0 Å². The number of thiophene rings is 1. The van der Waals surface area contributed by atoms with Gasteiger partial charge in [0.05, 0.1) is 11.4 Å². The van der Waals surface area contributed by atoms with Crippen LogP contribution < -0.4 is 10.6 Å². The summed E-state index contributed by atoms with van der Waals surface area (Å²) in [5.41, 5.74) is 0.688. The van der Waals surface area contributed by atoms with Crippen molar-refractivity contribution in [2.75, 3.05) is 0 Å². The van der Waals surface area contributed by atoms with E-state index in [0.29, 0.717) is 23.0 Å². The average molecular weight is 328 g/mol. The maximum Gasteiger partial charge on any atom is 0.315 e. The Bertz CT molecular complexity index is 675. The van der Waals surface area contributed by atoms with E-state index >= 15 is 0 Å². The van der Waals surface area contributed by atoms with Crippen molar-refractivity contribution in [2.45, 2.75) is 38.3 Å². The maximum atomic E-state index is 12.3. The van der Waals surface area contributed by atoms with Crippen LogP contribution >= 0.6 is 11.3 Å². The summed E-state index contributed by atoms with van der Waals surface area (Å²) in [7, 11) is 0. The number of hydrogen-bond donors (Lipinski definition) is 2. The molecule has 0 atom stereocenters. The molecule has 2 amide bonds. The topological polar surface area (TPSA) is 58.2 Å². The second-order valence-electron chi connectivity index (χ2n) is 5.77. The predicted molar refractivity (Wildman–Crippen MR) is 91.8 cm³/mol. The molecule has 3 rings (SSSR count). The van der Waals surface area contributed by atoms with Crippen LogP contribution in [0, 0.1) is 0 Å². The normalized spacial score (nSPS) is 14.6. The first-order chi connectivity index (χ1) is 11.2. The van der Waals surface area contributed by atoms with Crippen molar-refractivity contribution in [3.05, 3.63) is 57.8 Å². The van der Waals surface area contributed by atoms with Crippen LogP contribution in [0.4, 0.5) is 4.79 Å². The molecule has 0 saturated heterocycles. The minimum atomic E-state index is -0.124. The summed E-state index contributed by atoms with van der Waals surface area (Å²) >= 11 is 1.43. The maximum absolute atomic E-state index is 12.3. The fourth-order valence-corrected chi connectivity index (χ4v) is 3.71. The second-order valence-corrected chi connectivity index (χ2v) is 6.94. The molecule has 1 saturated carbocycles. The van der Waals surface area contributed by atoms with E-state index in [1.165, 1.54) is 24.2 Å². The third-order valence-corrected chi connectivity index (χ3v) is 5.12. The molecule has 1 aromatic carbocycles. The van der Waals surface area contributed by atoms with Gasteiger partial charge >= 0.3 is 6.03 Å². The molecule has 1 heterocycles. The molecule has 1 aliphatic rings. The number of ketones is 1. The number of benzene rings is 1. The van der Waals surface area contributed by atoms with Crippen molar-refractivity contribution in [1.29, 1.82) is 0 Å². The number of hydrogen-bond acceptors (Lipinski definition) is 3. The molecule has 4 nitrogen and oxygen atoms in total. The Labute approximate surface area is 139 Å². The average Bonchev–Trinajstić information content (AvgIpc) is 3.25. The Morgan fingerprint density at radius 1 is 1.04 bits per heavy atom. The smallest absolute Gasteiger partial charge is 0.315 e. The number of nitrogens with one attached hydrogen (secondary N) is 2. The highest BCUT2D eigenvalue weighted by Gasteiger charge is 2.17. The predicted octanol–water partition coefficient (Wildman–Crippen LogP) is 3.72. The van der Waals surface area contributed by atoms with Gasteiger partial charge in [-0.25, -0.2) is 4.79 Å². The molecule has 0 radical (unpaired) electrons. The van der Waals surface area contributed by atoms with Crippen molar-refractivity contribution in [1.82, 2.24) is 10.6 Å². The van der Waals surface area contributed by atoms with E-state index in [9.17, 15) is 9.59 Å². The molecule has 5 heteroatoms. The Balaban J connectivity index is 1.53. The Hall–Kier alpha value is -2.14. The van der Waals surface area contributed by atoms with Gasteiger partial charge in [0.2, 0.25) is 5.78 Å². The number of urea groups is 1. The summed E-state index contributed by atoms with van der Waals surface area (Å²) in [4.78, 5) is 25.9. The summed E-state index contributed by atoms with van der Waals surface area (Å²) < 4.78 is 0. The van der Waals surface area contributed by atoms with E-state index in [4.69, 9.17) is 0 Å². The Morgan fingerprint density at radius 2 is 1.78 bits per heavy atom. The summed E-state index contributed by atoms with van der Waals surface area (Å²) in [6.45, 7) is 0.450. The molecule has 0 bridgehead atoms. The van der Waals surface area contributed by atoms with E-state index in [-0.39, 0.29) is 11.8 Å². The molecule has 1 aliphatic carbocycles. The van der Waals surface area contributed by atoms with Crippen LogP contribution in [0.1, 0.15) is 45.8 Å². The van der Waals surface area contributed by atoms with E-state index in [2.05, 4.69) is 10.6 Å². The van der Waals surface area contributed by atoms with Gasteiger partial charge < -0.3 is 10.6 Å². The number of rotatable bonds is 5. The highest BCUT2D eigenvalue weighted by atomic mass is 32.1. The van der Waals surface area contributed by atoms with Crippen molar-refractivity contribution >= 4 is 23.2 Å². The zero-order valence-electron chi connectivity index (χ0n) is 12.9. The fraction of sp³-hybridized carbons (Fsp3) is 0.333. The van der Waals surface area contributed by atoms with E-state index in [1.54, 1.807) is 0 Å². The van der Waals surface area contributed by atoms with Gasteiger partial charge in [-0.15, -0.1) is 11.3 Å². The minimum absolute atomic E-state index is 0.0252. The molecular weight excluding hydrogens is 308 g/mol. The molecule has 23 heavy (non-hydrogen) atoms. The molecule has 0 aliphatic heterocycles. The van der Waals surface area contributed by atoms with Gasteiger partial charge in [-0.2, -0.15) is 0 Å². The van der Waals surface area contributed by atoms with Gasteiger partial charge in [0.1, 0.15) is 0 Å². The lowest BCUT2D eigenvalue weighted by Gasteiger charge is -2.12. The first-order valence-electron chi connectivity index (χ1n) is 7.95. The molecular formula is C18H20N2O2S. The molecule has 0 spiro atoms. The molecule has 0 unspecified atom stereocenters. The Kier molecular flexibility index (Phi) is 5.08. The van der Waals surface area contributed by atoms with Gasteiger partial charge in [0.15, 0.2) is 0 Å². The summed E-state index contributed by atoms with van der Waals surface area (Å²) in [6, 6.07) is 13.2. The van der Waals surface area contributed by atoms with Crippen molar-refractivity contribution in [3.8, 4) is 0 Å². The zero-order valence-corrected chi connectivity index (χ0v) is 13.7. The largest absolute Gasteiger partial charge is 0.335 e. The van der Waals surface area contributed by atoms with Crippen LogP contribution in [0.2, 0.25) is 0 Å². The van der Waals surface area contributed by atoms with Crippen LogP contribution in [-0.2, 0) is 6.54 Å². The minimum Gasteiger partial charge on any atom is -0.335 e. The lowest BCUT2D eigenvalue weighted by molar-refractivity contribution is 0.104. The van der Waals surface area contributed by atoms with E-state index in [1.807, 2.05) is 42.5 Å². The Morgan fingerprint density at radius 3 is 2.52 bits per heavy atom. The van der Waals surface area contributed by atoms with Gasteiger partial charge in [-0.1, -0.05) is 43.2 Å². The SMILES string of the molecule is O=C(NCc1ccc(C(=O)c2ccccc2)s1)NC1CCCC1. The van der Waals surface area contributed by atoms with Crippen LogP contribution in [0.15, 0.2) is 42.5 Å². The first kappa shape index (κ1) is 15.7. The summed E-state index contributed by atoms with van der Waals surface area (Å²) in [6.07, 6.45) is 4.53. The lowest BCUT2D eigenvalue weighted by Crippen LogP contribution is -2.40. The standard InChI is InChI=1S/C18H20N2O2S/c21-17(13-6-2-1-3-7-13)16-11-10-15(23-16)12-19-18(22)20-14-8-4-5-9-14/h1-3,6-7,10-11,14H,4-5,8-9,12H2,(H2,19,20,22). The van der Waals surface area contributed by atoms with Crippen LogP contribution in [0.3, 0.4) is 0 Å². The summed E-state index contributed by atoms with van der Waals surface area (Å²) in [5, 5.41) is 5.86. The molecule has 2 aromatic rings. The van der Waals surface area contributed by atoms with Crippen LogP contribution in [-0.4, -0.2) is 17.9 Å². The zero-order chi connectivity index (χ0) is 16.1. The van der Waals surface area contributed by atoms with Crippen molar-refractivity contribution in [3.63, 3.8) is 0 Å². The van der Waals surface area contributed by atoms with E-state index in [0.717, 1.165) is 17.7 Å². The van der Waals surface area contributed by atoms with Crippen molar-refractivity contribution in [2.24, 2.45) is 0 Å². The highest BCUT2D eigenvalue weighted by molar-refractivity contribution is 7.14. The first-order valence-corrected chi connectivity index (χ1v) is 8.77. The molecule has 2 N–H and O–H groups in total. The van der Waals surface area contributed by atoms with Gasteiger partial charge in [0, 0.05) is 16.5 Å². The third-order valence-electron chi connectivity index (χ3n) is 4.03. The quantitative estimate of drug-likeness (QED) is 0.822. The van der Waals surface area contributed by atoms with Crippen molar-refractivity contribution < 1.29 is 9.59 Å². The highest BCUT2D eigenvalue weighted by Crippen LogP contribution is 2.20. The number of carbonyl (C=O) groups excluding carboxylic acids is 2. The number of carbonyl (C=O) groups is 2. The van der Waals surface area contributed by atoms with Gasteiger partial charge in [0.25, 0.3) is 0 Å². The monoisotopic (exact) mass is 328 g/mol.